The number of nitrogens with one attached hydrogen (secondary N) is 1. The first kappa shape index (κ1) is 19.2. The first-order chi connectivity index (χ1) is 13.3. The highest BCUT2D eigenvalue weighted by molar-refractivity contribution is 5.91. The summed E-state index contributed by atoms with van der Waals surface area (Å²) < 4.78 is 16.8. The standard InChI is InChI=1S/C18H19FN6O3/c1-11-8-16(25(27)28)22-23(11)10-17(26)20-18-12(2)21-24(13(18)3)9-14-6-4-5-7-15(14)19/h4-8H,9-10H2,1-3H3,(H,20,26). The van der Waals surface area contributed by atoms with Gasteiger partial charge >= 0.3 is 5.82 Å². The van der Waals surface area contributed by atoms with Crippen LogP contribution in [-0.4, -0.2) is 30.4 Å². The number of aryl methyl sites for hydroxylation is 2. The van der Waals surface area contributed by atoms with Gasteiger partial charge in [0.1, 0.15) is 12.4 Å². The monoisotopic (exact) mass is 386 g/mol. The fourth-order valence-electron chi connectivity index (χ4n) is 2.88. The number of nitro groups is 1. The van der Waals surface area contributed by atoms with Crippen molar-refractivity contribution in [2.75, 3.05) is 5.32 Å². The molecule has 0 atom stereocenters. The van der Waals surface area contributed by atoms with Crippen LogP contribution in [0.15, 0.2) is 30.3 Å². The van der Waals surface area contributed by atoms with Crippen molar-refractivity contribution in [2.45, 2.75) is 33.9 Å². The molecule has 10 heteroatoms. The average Bonchev–Trinajstić information content (AvgIpc) is 3.12. The van der Waals surface area contributed by atoms with E-state index in [4.69, 9.17) is 0 Å². The van der Waals surface area contributed by atoms with Crippen LogP contribution >= 0.6 is 0 Å². The van der Waals surface area contributed by atoms with Gasteiger partial charge in [-0.05, 0) is 31.8 Å². The number of carbonyl (C=O) groups excluding carboxylic acids is 1. The number of aromatic nitrogens is 4. The summed E-state index contributed by atoms with van der Waals surface area (Å²) in [5.41, 5.74) is 2.79. The minimum Gasteiger partial charge on any atom is -0.358 e. The lowest BCUT2D eigenvalue weighted by molar-refractivity contribution is -0.389. The highest BCUT2D eigenvalue weighted by Crippen LogP contribution is 2.21. The highest BCUT2D eigenvalue weighted by Gasteiger charge is 2.20. The van der Waals surface area contributed by atoms with Crippen LogP contribution in [0.25, 0.3) is 0 Å². The zero-order valence-electron chi connectivity index (χ0n) is 15.6. The molecule has 0 spiro atoms. The predicted molar refractivity (Wildman–Crippen MR) is 99.5 cm³/mol. The molecule has 146 valence electrons. The number of halogens is 1. The number of carbonyl (C=O) groups is 1. The van der Waals surface area contributed by atoms with E-state index in [9.17, 15) is 19.3 Å². The number of amides is 1. The van der Waals surface area contributed by atoms with Crippen molar-refractivity contribution in [1.29, 1.82) is 0 Å². The van der Waals surface area contributed by atoms with E-state index in [0.29, 0.717) is 28.3 Å². The molecule has 1 amide bonds. The molecular weight excluding hydrogens is 367 g/mol. The quantitative estimate of drug-likeness (QED) is 0.518. The van der Waals surface area contributed by atoms with E-state index in [-0.39, 0.29) is 24.7 Å². The topological polar surface area (TPSA) is 108 Å². The molecule has 0 aliphatic rings. The Hall–Kier alpha value is -3.56. The van der Waals surface area contributed by atoms with Crippen molar-refractivity contribution >= 4 is 17.4 Å². The molecule has 9 nitrogen and oxygen atoms in total. The van der Waals surface area contributed by atoms with Crippen LogP contribution in [-0.2, 0) is 17.9 Å². The van der Waals surface area contributed by atoms with Gasteiger partial charge in [-0.1, -0.05) is 18.2 Å². The van der Waals surface area contributed by atoms with Crippen molar-refractivity contribution in [2.24, 2.45) is 0 Å². The Bertz CT molecular complexity index is 1060. The van der Waals surface area contributed by atoms with Crippen LogP contribution in [0, 0.1) is 36.7 Å². The number of rotatable bonds is 6. The Kier molecular flexibility index (Phi) is 5.21. The lowest BCUT2D eigenvalue weighted by Gasteiger charge is -2.08. The Morgan fingerprint density at radius 1 is 1.21 bits per heavy atom. The zero-order chi connectivity index (χ0) is 20.4. The molecule has 2 aromatic heterocycles. The van der Waals surface area contributed by atoms with Gasteiger partial charge < -0.3 is 15.4 Å². The largest absolute Gasteiger partial charge is 0.390 e. The number of benzene rings is 1. The third-order valence-electron chi connectivity index (χ3n) is 4.37. The normalized spacial score (nSPS) is 10.9. The maximum atomic E-state index is 13.9. The summed E-state index contributed by atoms with van der Waals surface area (Å²) in [5.74, 6) is -1.02. The van der Waals surface area contributed by atoms with Gasteiger partial charge in [0, 0.05) is 5.56 Å². The van der Waals surface area contributed by atoms with Gasteiger partial charge in [0.05, 0.1) is 40.5 Å². The summed E-state index contributed by atoms with van der Waals surface area (Å²) >= 11 is 0. The Balaban J connectivity index is 1.76. The Morgan fingerprint density at radius 2 is 1.93 bits per heavy atom. The third-order valence-corrected chi connectivity index (χ3v) is 4.37. The van der Waals surface area contributed by atoms with Gasteiger partial charge in [0.2, 0.25) is 5.91 Å². The molecule has 0 aliphatic heterocycles. The first-order valence-electron chi connectivity index (χ1n) is 8.52. The van der Waals surface area contributed by atoms with Gasteiger partial charge in [-0.3, -0.25) is 9.48 Å². The second-order valence-corrected chi connectivity index (χ2v) is 6.40. The summed E-state index contributed by atoms with van der Waals surface area (Å²) in [6, 6.07) is 7.73. The summed E-state index contributed by atoms with van der Waals surface area (Å²) in [6.07, 6.45) is 0. The lowest BCUT2D eigenvalue weighted by atomic mass is 10.2. The predicted octanol–water partition coefficient (Wildman–Crippen LogP) is 2.74. The SMILES string of the molecule is Cc1nn(Cc2ccccc2F)c(C)c1NC(=O)Cn1nc([N+](=O)[O-])cc1C. The molecule has 0 fully saturated rings. The lowest BCUT2D eigenvalue weighted by Crippen LogP contribution is -2.21. The highest BCUT2D eigenvalue weighted by atomic mass is 19.1. The minimum absolute atomic E-state index is 0.170. The maximum absolute atomic E-state index is 13.9. The Morgan fingerprint density at radius 3 is 2.57 bits per heavy atom. The summed E-state index contributed by atoms with van der Waals surface area (Å²) in [6.45, 7) is 5.22. The zero-order valence-corrected chi connectivity index (χ0v) is 15.6. The number of anilines is 1. The molecule has 1 N–H and O–H groups in total. The second-order valence-electron chi connectivity index (χ2n) is 6.40. The van der Waals surface area contributed by atoms with Crippen LogP contribution < -0.4 is 5.32 Å². The van der Waals surface area contributed by atoms with Gasteiger partial charge in [0.25, 0.3) is 0 Å². The van der Waals surface area contributed by atoms with E-state index >= 15 is 0 Å². The van der Waals surface area contributed by atoms with Crippen LogP contribution in [0.1, 0.15) is 22.6 Å². The van der Waals surface area contributed by atoms with Gasteiger partial charge in [0.15, 0.2) is 0 Å². The van der Waals surface area contributed by atoms with Crippen molar-refractivity contribution in [3.05, 3.63) is 68.9 Å². The molecule has 0 saturated carbocycles. The fourth-order valence-corrected chi connectivity index (χ4v) is 2.88. The van der Waals surface area contributed by atoms with Crippen LogP contribution in [0.5, 0.6) is 0 Å². The van der Waals surface area contributed by atoms with Crippen LogP contribution in [0.3, 0.4) is 0 Å². The average molecular weight is 386 g/mol. The molecule has 0 aliphatic carbocycles. The van der Waals surface area contributed by atoms with Crippen molar-refractivity contribution in [1.82, 2.24) is 19.6 Å². The molecule has 0 saturated heterocycles. The number of hydrogen-bond donors (Lipinski definition) is 1. The van der Waals surface area contributed by atoms with Crippen molar-refractivity contribution < 1.29 is 14.1 Å². The van der Waals surface area contributed by atoms with E-state index in [1.807, 2.05) is 0 Å². The third kappa shape index (κ3) is 3.90. The number of hydrogen-bond acceptors (Lipinski definition) is 5. The molecule has 0 unspecified atom stereocenters. The minimum atomic E-state index is -0.609. The molecule has 0 radical (unpaired) electrons. The molecule has 2 heterocycles. The molecule has 1 aromatic carbocycles. The number of nitrogens with zero attached hydrogens (tertiary/aromatic N) is 5. The summed E-state index contributed by atoms with van der Waals surface area (Å²) in [5, 5.41) is 21.7. The summed E-state index contributed by atoms with van der Waals surface area (Å²) in [4.78, 5) is 22.6. The van der Waals surface area contributed by atoms with E-state index < -0.39 is 10.8 Å². The van der Waals surface area contributed by atoms with Crippen molar-refractivity contribution in [3.8, 4) is 0 Å². The molecule has 3 aromatic rings. The van der Waals surface area contributed by atoms with Gasteiger partial charge in [-0.15, -0.1) is 0 Å². The van der Waals surface area contributed by atoms with Crippen LogP contribution in [0.4, 0.5) is 15.9 Å². The van der Waals surface area contributed by atoms with E-state index in [1.54, 1.807) is 43.7 Å². The smallest absolute Gasteiger partial charge is 0.358 e. The van der Waals surface area contributed by atoms with Crippen LogP contribution in [0.2, 0.25) is 0 Å². The Labute approximate surface area is 159 Å². The van der Waals surface area contributed by atoms with Crippen molar-refractivity contribution in [3.63, 3.8) is 0 Å². The van der Waals surface area contributed by atoms with E-state index in [2.05, 4.69) is 15.5 Å². The molecule has 28 heavy (non-hydrogen) atoms. The molecular formula is C18H19FN6O3. The van der Waals surface area contributed by atoms with E-state index in [1.165, 1.54) is 16.8 Å². The fraction of sp³-hybridized carbons (Fsp3) is 0.278. The van der Waals surface area contributed by atoms with Gasteiger partial charge in [-0.25, -0.2) is 4.39 Å². The molecule has 3 rings (SSSR count). The summed E-state index contributed by atoms with van der Waals surface area (Å²) in [7, 11) is 0. The first-order valence-corrected chi connectivity index (χ1v) is 8.52. The maximum Gasteiger partial charge on any atom is 0.390 e. The molecule has 0 bridgehead atoms. The second kappa shape index (κ2) is 7.59. The van der Waals surface area contributed by atoms with E-state index in [0.717, 1.165) is 0 Å². The van der Waals surface area contributed by atoms with Gasteiger partial charge in [-0.2, -0.15) is 9.78 Å².